The van der Waals surface area contributed by atoms with Crippen molar-refractivity contribution in [3.63, 3.8) is 0 Å². The molecule has 62 valence electrons. The van der Waals surface area contributed by atoms with Gasteiger partial charge in [0.15, 0.2) is 0 Å². The number of hydrogen-bond donors (Lipinski definition) is 2. The predicted octanol–water partition coefficient (Wildman–Crippen LogP) is 1.95. The lowest BCUT2D eigenvalue weighted by Gasteiger charge is -2.00. The van der Waals surface area contributed by atoms with Gasteiger partial charge in [0, 0.05) is 0 Å². The molecule has 4 N–H and O–H groups in total. The molecule has 3 nitrogen and oxygen atoms in total. The van der Waals surface area contributed by atoms with Crippen LogP contribution >= 0.6 is 0 Å². The fourth-order valence-electron chi connectivity index (χ4n) is 0.709. The van der Waals surface area contributed by atoms with Crippen molar-refractivity contribution in [3.05, 3.63) is 24.3 Å². The van der Waals surface area contributed by atoms with Gasteiger partial charge >= 0.3 is 0 Å². The van der Waals surface area contributed by atoms with Crippen LogP contribution in [-0.2, 0) is 0 Å². The molecule has 0 atom stereocenters. The number of phenolic OH excluding ortho intramolecular Hbond substituents is 1. The molecule has 0 radical (unpaired) electrons. The van der Waals surface area contributed by atoms with E-state index in [0.717, 1.165) is 5.75 Å². The van der Waals surface area contributed by atoms with Gasteiger partial charge in [-0.3, -0.25) is 0 Å². The van der Waals surface area contributed by atoms with Gasteiger partial charge in [0.2, 0.25) is 0 Å². The fraction of sp³-hybridized carbons (Fsp3) is 0.250. The molecule has 0 heterocycles. The molecule has 0 aromatic heterocycles. The molecule has 0 aliphatic rings. The summed E-state index contributed by atoms with van der Waals surface area (Å²) in [6.07, 6.45) is 0. The summed E-state index contributed by atoms with van der Waals surface area (Å²) in [4.78, 5) is 0. The fourth-order valence-corrected chi connectivity index (χ4v) is 0.709. The van der Waals surface area contributed by atoms with Gasteiger partial charge in [0.05, 0.1) is 6.61 Å². The minimum absolute atomic E-state index is 0. The Bertz CT molecular complexity index is 196. The third-order valence-corrected chi connectivity index (χ3v) is 1.15. The first kappa shape index (κ1) is 9.78. The molecule has 0 saturated heterocycles. The number of hydrogen-bond acceptors (Lipinski definition) is 3. The average molecular weight is 155 g/mol. The minimum Gasteiger partial charge on any atom is -0.508 e. The van der Waals surface area contributed by atoms with E-state index < -0.39 is 0 Å². The van der Waals surface area contributed by atoms with Crippen molar-refractivity contribution in [3.8, 4) is 11.5 Å². The van der Waals surface area contributed by atoms with E-state index in [0.29, 0.717) is 6.61 Å². The van der Waals surface area contributed by atoms with Crippen LogP contribution in [0.15, 0.2) is 24.3 Å². The zero-order valence-electron chi connectivity index (χ0n) is 6.58. The maximum absolute atomic E-state index is 8.87. The Morgan fingerprint density at radius 1 is 1.27 bits per heavy atom. The van der Waals surface area contributed by atoms with Crippen LogP contribution in [0.1, 0.15) is 6.92 Å². The summed E-state index contributed by atoms with van der Waals surface area (Å²) in [5.41, 5.74) is 0. The number of rotatable bonds is 2. The van der Waals surface area contributed by atoms with E-state index in [1.54, 1.807) is 24.3 Å². The van der Waals surface area contributed by atoms with Crippen LogP contribution in [0, 0.1) is 0 Å². The second-order valence-corrected chi connectivity index (χ2v) is 1.93. The van der Waals surface area contributed by atoms with Crippen LogP contribution < -0.4 is 10.9 Å². The lowest BCUT2D eigenvalue weighted by Crippen LogP contribution is -1.89. The number of benzene rings is 1. The Labute approximate surface area is 66.2 Å². The molecule has 0 saturated carbocycles. The average Bonchev–Trinajstić information content (AvgIpc) is 1.95. The molecule has 11 heavy (non-hydrogen) atoms. The zero-order valence-corrected chi connectivity index (χ0v) is 6.58. The van der Waals surface area contributed by atoms with Crippen molar-refractivity contribution in [1.29, 1.82) is 0 Å². The van der Waals surface area contributed by atoms with Gasteiger partial charge in [-0.05, 0) is 31.2 Å². The molecule has 0 unspecified atom stereocenters. The highest BCUT2D eigenvalue weighted by molar-refractivity contribution is 5.29. The molecular weight excluding hydrogens is 142 g/mol. The molecule has 0 bridgehead atoms. The normalized spacial score (nSPS) is 8.45. The molecule has 1 aromatic carbocycles. The van der Waals surface area contributed by atoms with E-state index in [9.17, 15) is 0 Å². The number of aromatic hydroxyl groups is 1. The summed E-state index contributed by atoms with van der Waals surface area (Å²) in [5.74, 6) is 1.06. The summed E-state index contributed by atoms with van der Waals surface area (Å²) in [6.45, 7) is 2.58. The van der Waals surface area contributed by atoms with E-state index in [4.69, 9.17) is 9.84 Å². The van der Waals surface area contributed by atoms with E-state index in [2.05, 4.69) is 0 Å². The van der Waals surface area contributed by atoms with Crippen molar-refractivity contribution >= 4 is 0 Å². The van der Waals surface area contributed by atoms with Crippen molar-refractivity contribution in [1.82, 2.24) is 6.15 Å². The SMILES string of the molecule is CCOc1ccc(O)cc1.N. The summed E-state index contributed by atoms with van der Waals surface area (Å²) < 4.78 is 5.15. The Balaban J connectivity index is 0.000001000. The lowest BCUT2D eigenvalue weighted by atomic mass is 10.3. The highest BCUT2D eigenvalue weighted by atomic mass is 16.5. The first-order valence-electron chi connectivity index (χ1n) is 3.24. The van der Waals surface area contributed by atoms with E-state index in [1.807, 2.05) is 6.92 Å². The zero-order chi connectivity index (χ0) is 7.40. The van der Waals surface area contributed by atoms with Gasteiger partial charge in [-0.25, -0.2) is 0 Å². The molecule has 0 aliphatic heterocycles. The molecule has 0 spiro atoms. The van der Waals surface area contributed by atoms with Gasteiger partial charge in [0.25, 0.3) is 0 Å². The molecule has 3 heteroatoms. The van der Waals surface area contributed by atoms with Gasteiger partial charge in [-0.2, -0.15) is 0 Å². The molecule has 0 amide bonds. The predicted molar refractivity (Wildman–Crippen MR) is 44.3 cm³/mol. The summed E-state index contributed by atoms with van der Waals surface area (Å²) in [5, 5.41) is 8.87. The Hall–Kier alpha value is -1.22. The van der Waals surface area contributed by atoms with E-state index in [1.165, 1.54) is 0 Å². The summed E-state index contributed by atoms with van der Waals surface area (Å²) in [6, 6.07) is 6.67. The van der Waals surface area contributed by atoms with Gasteiger partial charge < -0.3 is 16.0 Å². The van der Waals surface area contributed by atoms with Crippen molar-refractivity contribution in [2.24, 2.45) is 0 Å². The van der Waals surface area contributed by atoms with Gasteiger partial charge in [-0.1, -0.05) is 0 Å². The number of phenols is 1. The lowest BCUT2D eigenvalue weighted by molar-refractivity contribution is 0.339. The topological polar surface area (TPSA) is 64.5 Å². The second kappa shape index (κ2) is 4.57. The monoisotopic (exact) mass is 155 g/mol. The first-order chi connectivity index (χ1) is 4.83. The van der Waals surface area contributed by atoms with Crippen molar-refractivity contribution in [2.45, 2.75) is 6.92 Å². The largest absolute Gasteiger partial charge is 0.508 e. The molecule has 0 aliphatic carbocycles. The smallest absolute Gasteiger partial charge is 0.119 e. The van der Waals surface area contributed by atoms with Gasteiger partial charge in [0.1, 0.15) is 11.5 Å². The Morgan fingerprint density at radius 3 is 2.27 bits per heavy atom. The summed E-state index contributed by atoms with van der Waals surface area (Å²) in [7, 11) is 0. The molecule has 1 rings (SSSR count). The van der Waals surface area contributed by atoms with Crippen LogP contribution in [0.2, 0.25) is 0 Å². The van der Waals surface area contributed by atoms with E-state index >= 15 is 0 Å². The minimum atomic E-state index is 0. The molecular formula is C8H13NO2. The van der Waals surface area contributed by atoms with Crippen LogP contribution in [0.3, 0.4) is 0 Å². The quantitative estimate of drug-likeness (QED) is 0.686. The summed E-state index contributed by atoms with van der Waals surface area (Å²) >= 11 is 0. The van der Waals surface area contributed by atoms with Crippen molar-refractivity contribution in [2.75, 3.05) is 6.61 Å². The Kier molecular flexibility index (Phi) is 4.07. The maximum atomic E-state index is 8.87. The Morgan fingerprint density at radius 2 is 1.82 bits per heavy atom. The van der Waals surface area contributed by atoms with Crippen LogP contribution in [-0.4, -0.2) is 11.7 Å². The van der Waals surface area contributed by atoms with Crippen molar-refractivity contribution < 1.29 is 9.84 Å². The third kappa shape index (κ3) is 2.91. The van der Waals surface area contributed by atoms with Crippen LogP contribution in [0.4, 0.5) is 0 Å². The highest BCUT2D eigenvalue weighted by Gasteiger charge is 1.89. The molecule has 0 fully saturated rings. The first-order valence-corrected chi connectivity index (χ1v) is 3.24. The number of ether oxygens (including phenoxy) is 1. The van der Waals surface area contributed by atoms with E-state index in [-0.39, 0.29) is 11.9 Å². The van der Waals surface area contributed by atoms with Crippen LogP contribution in [0.5, 0.6) is 11.5 Å². The highest BCUT2D eigenvalue weighted by Crippen LogP contribution is 2.15. The van der Waals surface area contributed by atoms with Gasteiger partial charge in [-0.15, -0.1) is 0 Å². The molecule has 1 aromatic rings. The third-order valence-electron chi connectivity index (χ3n) is 1.15. The standard InChI is InChI=1S/C8H10O2.H3N/c1-2-10-8-5-3-7(9)4-6-8;/h3-6,9H,2H2,1H3;1H3. The maximum Gasteiger partial charge on any atom is 0.119 e. The second-order valence-electron chi connectivity index (χ2n) is 1.93. The van der Waals surface area contributed by atoms with Crippen LogP contribution in [0.25, 0.3) is 0 Å².